The van der Waals surface area contributed by atoms with Crippen molar-refractivity contribution >= 4 is 31.3 Å². The third-order valence-corrected chi connectivity index (χ3v) is 7.28. The van der Waals surface area contributed by atoms with E-state index in [1.807, 2.05) is 0 Å². The van der Waals surface area contributed by atoms with Crippen molar-refractivity contribution in [2.75, 3.05) is 6.26 Å². The lowest BCUT2D eigenvalue weighted by atomic mass is 10.0. The van der Waals surface area contributed by atoms with Gasteiger partial charge in [-0.2, -0.15) is 8.42 Å². The van der Waals surface area contributed by atoms with Crippen molar-refractivity contribution < 1.29 is 25.8 Å². The van der Waals surface area contributed by atoms with E-state index >= 15 is 0 Å². The minimum absolute atomic E-state index is 0.134. The summed E-state index contributed by atoms with van der Waals surface area (Å²) >= 11 is 0.851. The lowest BCUT2D eigenvalue weighted by Gasteiger charge is -2.05. The highest BCUT2D eigenvalue weighted by Gasteiger charge is 2.20. The zero-order valence-electron chi connectivity index (χ0n) is 13.4. The molecule has 9 heteroatoms. The fourth-order valence-electron chi connectivity index (χ4n) is 2.41. The van der Waals surface area contributed by atoms with Crippen LogP contribution in [0.5, 0.6) is 0 Å². The third-order valence-electron chi connectivity index (χ3n) is 3.66. The lowest BCUT2D eigenvalue weighted by Crippen LogP contribution is -1.96. The summed E-state index contributed by atoms with van der Waals surface area (Å²) in [6, 6.07) is 12.8. The lowest BCUT2D eigenvalue weighted by molar-refractivity contribution is 0.485. The normalized spacial score (nSPS) is 12.3. The van der Waals surface area contributed by atoms with Crippen LogP contribution < -0.4 is 0 Å². The topological polar surface area (TPSA) is 88.5 Å². The van der Waals surface area contributed by atoms with E-state index in [4.69, 9.17) is 0 Å². The molecule has 0 saturated carbocycles. The molecule has 2 aromatic carbocycles. The number of halogens is 1. The van der Waals surface area contributed by atoms with Crippen LogP contribution in [0.4, 0.5) is 4.39 Å². The van der Waals surface area contributed by atoms with Crippen molar-refractivity contribution in [3.8, 4) is 21.6 Å². The van der Waals surface area contributed by atoms with E-state index in [2.05, 4.69) is 0 Å². The molecule has 0 radical (unpaired) electrons. The summed E-state index contributed by atoms with van der Waals surface area (Å²) in [6.45, 7) is 0. The molecule has 1 N–H and O–H groups in total. The fourth-order valence-corrected chi connectivity index (χ4v) is 4.89. The summed E-state index contributed by atoms with van der Waals surface area (Å²) in [5.74, 6) is -0.431. The smallest absolute Gasteiger partial charge is 0.281 e. The highest BCUT2D eigenvalue weighted by atomic mass is 32.3. The Morgan fingerprint density at radius 1 is 0.885 bits per heavy atom. The van der Waals surface area contributed by atoms with Gasteiger partial charge >= 0.3 is 10.1 Å². The average molecular weight is 412 g/mol. The largest absolute Gasteiger partial charge is 0.304 e. The highest BCUT2D eigenvalue weighted by molar-refractivity contribution is 7.90. The molecule has 3 aromatic rings. The molecule has 0 atom stereocenters. The molecule has 5 nitrogen and oxygen atoms in total. The van der Waals surface area contributed by atoms with Crippen LogP contribution in [-0.4, -0.2) is 27.6 Å². The van der Waals surface area contributed by atoms with E-state index in [9.17, 15) is 25.8 Å². The van der Waals surface area contributed by atoms with Crippen LogP contribution in [0.15, 0.2) is 63.7 Å². The van der Waals surface area contributed by atoms with Gasteiger partial charge < -0.3 is 0 Å². The summed E-state index contributed by atoms with van der Waals surface area (Å²) in [6.07, 6.45) is 1.09. The second-order valence-corrected chi connectivity index (χ2v) is 10.3. The van der Waals surface area contributed by atoms with Crippen molar-refractivity contribution in [3.05, 3.63) is 60.4 Å². The molecule has 0 amide bonds. The van der Waals surface area contributed by atoms with E-state index < -0.39 is 25.8 Å². The SMILES string of the molecule is CS(=O)(=O)c1ccc(-c2cc(S(=O)(=O)O)sc2-c2ccc(F)cc2)cc1. The first-order valence-corrected chi connectivity index (χ1v) is 11.4. The number of benzene rings is 2. The van der Waals surface area contributed by atoms with Crippen molar-refractivity contribution in [2.45, 2.75) is 9.10 Å². The quantitative estimate of drug-likeness (QED) is 0.657. The molecule has 0 aliphatic rings. The second-order valence-electron chi connectivity index (χ2n) is 5.59. The number of rotatable bonds is 4. The molecule has 0 aliphatic carbocycles. The van der Waals surface area contributed by atoms with Crippen molar-refractivity contribution in [1.82, 2.24) is 0 Å². The van der Waals surface area contributed by atoms with Crippen LogP contribution in [0.3, 0.4) is 0 Å². The molecule has 0 aliphatic heterocycles. The number of hydrogen-bond acceptors (Lipinski definition) is 5. The molecule has 0 saturated heterocycles. The van der Waals surface area contributed by atoms with E-state index in [1.165, 1.54) is 42.5 Å². The second kappa shape index (κ2) is 6.58. The summed E-state index contributed by atoms with van der Waals surface area (Å²) in [5.41, 5.74) is 1.64. The van der Waals surface area contributed by atoms with Gasteiger partial charge in [-0.3, -0.25) is 4.55 Å². The van der Waals surface area contributed by atoms with Gasteiger partial charge in [0, 0.05) is 16.7 Å². The highest BCUT2D eigenvalue weighted by Crippen LogP contribution is 2.41. The van der Waals surface area contributed by atoms with Gasteiger partial charge in [0.25, 0.3) is 0 Å². The van der Waals surface area contributed by atoms with Crippen LogP contribution >= 0.6 is 11.3 Å². The number of thiophene rings is 1. The minimum atomic E-state index is -4.41. The first-order chi connectivity index (χ1) is 12.1. The molecule has 136 valence electrons. The van der Waals surface area contributed by atoms with Gasteiger partial charge in [0.2, 0.25) is 0 Å². The molecule has 0 spiro atoms. The zero-order chi connectivity index (χ0) is 19.1. The van der Waals surface area contributed by atoms with Crippen molar-refractivity contribution in [3.63, 3.8) is 0 Å². The zero-order valence-corrected chi connectivity index (χ0v) is 15.8. The average Bonchev–Trinajstić information content (AvgIpc) is 3.00. The van der Waals surface area contributed by atoms with Crippen molar-refractivity contribution in [2.24, 2.45) is 0 Å². The van der Waals surface area contributed by atoms with Gasteiger partial charge in [-0.05, 0) is 41.5 Å². The summed E-state index contributed by atoms with van der Waals surface area (Å²) in [5, 5.41) is 0. The predicted octanol–water partition coefficient (Wildman–Crippen LogP) is 3.87. The molecule has 3 rings (SSSR count). The van der Waals surface area contributed by atoms with E-state index in [1.54, 1.807) is 12.1 Å². The van der Waals surface area contributed by atoms with Gasteiger partial charge in [0.15, 0.2) is 9.84 Å². The Labute approximate surface area is 154 Å². The molecule has 26 heavy (non-hydrogen) atoms. The van der Waals surface area contributed by atoms with Crippen LogP contribution in [-0.2, 0) is 20.0 Å². The monoisotopic (exact) mass is 412 g/mol. The Morgan fingerprint density at radius 3 is 1.92 bits per heavy atom. The number of hydrogen-bond donors (Lipinski definition) is 1. The van der Waals surface area contributed by atoms with Gasteiger partial charge in [-0.15, -0.1) is 11.3 Å². The molecule has 0 bridgehead atoms. The summed E-state index contributed by atoms with van der Waals surface area (Å²) in [7, 11) is -7.77. The van der Waals surface area contributed by atoms with Crippen LogP contribution in [0.25, 0.3) is 21.6 Å². The molecular formula is C17H13FO5S3. The first kappa shape index (κ1) is 18.7. The molecule has 0 fully saturated rings. The van der Waals surface area contributed by atoms with E-state index in [0.29, 0.717) is 21.6 Å². The molecule has 0 unspecified atom stereocenters. The maximum absolute atomic E-state index is 13.2. The Hall–Kier alpha value is -2.07. The Kier molecular flexibility index (Phi) is 4.74. The van der Waals surface area contributed by atoms with Gasteiger partial charge in [-0.1, -0.05) is 24.3 Å². The molecule has 1 heterocycles. The van der Waals surface area contributed by atoms with Crippen LogP contribution in [0.1, 0.15) is 0 Å². The van der Waals surface area contributed by atoms with Gasteiger partial charge in [-0.25, -0.2) is 12.8 Å². The standard InChI is InChI=1S/C17H13FO5S3/c1-25(19,20)14-8-4-11(5-9-14)15-10-16(26(21,22)23)24-17(15)12-2-6-13(18)7-3-12/h2-10H,1H3,(H,21,22,23). The Morgan fingerprint density at radius 2 is 1.42 bits per heavy atom. The Bertz CT molecular complexity index is 1160. The minimum Gasteiger partial charge on any atom is -0.281 e. The fraction of sp³-hybridized carbons (Fsp3) is 0.0588. The number of sulfone groups is 1. The van der Waals surface area contributed by atoms with Crippen LogP contribution in [0.2, 0.25) is 0 Å². The maximum atomic E-state index is 13.2. The van der Waals surface area contributed by atoms with E-state index in [0.717, 1.165) is 17.6 Å². The van der Waals surface area contributed by atoms with Crippen LogP contribution in [0, 0.1) is 5.82 Å². The Balaban J connectivity index is 2.19. The van der Waals surface area contributed by atoms with E-state index in [-0.39, 0.29) is 9.10 Å². The maximum Gasteiger partial charge on any atom is 0.304 e. The van der Waals surface area contributed by atoms with Gasteiger partial charge in [0.1, 0.15) is 10.0 Å². The predicted molar refractivity (Wildman–Crippen MR) is 98.1 cm³/mol. The first-order valence-electron chi connectivity index (χ1n) is 7.23. The summed E-state index contributed by atoms with van der Waals surface area (Å²) in [4.78, 5) is 0.652. The van der Waals surface area contributed by atoms with Gasteiger partial charge in [0.05, 0.1) is 4.90 Å². The molecular weight excluding hydrogens is 399 g/mol. The van der Waals surface area contributed by atoms with Crippen molar-refractivity contribution in [1.29, 1.82) is 0 Å². The third kappa shape index (κ3) is 3.85. The summed E-state index contributed by atoms with van der Waals surface area (Å²) < 4.78 is 68.5. The molecule has 1 aromatic heterocycles.